The highest BCUT2D eigenvalue weighted by molar-refractivity contribution is 5.82. The van der Waals surface area contributed by atoms with Crippen LogP contribution in [0.4, 0.5) is 0 Å². The Morgan fingerprint density at radius 1 is 1.19 bits per heavy atom. The lowest BCUT2D eigenvalue weighted by Crippen LogP contribution is -2.50. The molecule has 2 N–H and O–H groups in total. The highest BCUT2D eigenvalue weighted by atomic mass is 16.2. The van der Waals surface area contributed by atoms with Crippen molar-refractivity contribution in [2.45, 2.75) is 64.0 Å². The van der Waals surface area contributed by atoms with Crippen molar-refractivity contribution in [2.75, 3.05) is 6.54 Å². The van der Waals surface area contributed by atoms with Crippen LogP contribution >= 0.6 is 0 Å². The minimum Gasteiger partial charge on any atom is -0.352 e. The smallest absolute Gasteiger partial charge is 0.237 e. The number of carbonyl (C=O) groups excluding carboxylic acids is 1. The molecule has 2 unspecified atom stereocenters. The average molecular weight is 224 g/mol. The molecule has 0 bridgehead atoms. The molecule has 1 saturated heterocycles. The molecular formula is C13H24N2O. The van der Waals surface area contributed by atoms with Crippen LogP contribution < -0.4 is 10.6 Å². The first-order valence-electron chi connectivity index (χ1n) is 6.79. The molecule has 0 aromatic rings. The quantitative estimate of drug-likeness (QED) is 0.751. The van der Waals surface area contributed by atoms with Gasteiger partial charge in [-0.25, -0.2) is 0 Å². The van der Waals surface area contributed by atoms with E-state index in [1.54, 1.807) is 0 Å². The molecule has 3 heteroatoms. The van der Waals surface area contributed by atoms with Gasteiger partial charge in [-0.05, 0) is 38.1 Å². The fourth-order valence-corrected chi connectivity index (χ4v) is 2.94. The summed E-state index contributed by atoms with van der Waals surface area (Å²) in [6.45, 7) is 3.29. The Labute approximate surface area is 98.4 Å². The third-order valence-electron chi connectivity index (χ3n) is 3.91. The molecule has 0 aromatic carbocycles. The van der Waals surface area contributed by atoms with E-state index < -0.39 is 0 Å². The van der Waals surface area contributed by atoms with Crippen LogP contribution in [0.25, 0.3) is 0 Å². The molecular weight excluding hydrogens is 200 g/mol. The Morgan fingerprint density at radius 3 is 2.75 bits per heavy atom. The van der Waals surface area contributed by atoms with Crippen LogP contribution in [-0.4, -0.2) is 24.5 Å². The minimum absolute atomic E-state index is 0.0750. The van der Waals surface area contributed by atoms with Gasteiger partial charge in [0.2, 0.25) is 5.91 Å². The first-order valence-corrected chi connectivity index (χ1v) is 6.79. The number of amides is 1. The second-order valence-electron chi connectivity index (χ2n) is 5.48. The summed E-state index contributed by atoms with van der Waals surface area (Å²) in [4.78, 5) is 12.0. The molecule has 1 amide bonds. The van der Waals surface area contributed by atoms with Crippen molar-refractivity contribution in [1.29, 1.82) is 0 Å². The third-order valence-corrected chi connectivity index (χ3v) is 3.91. The van der Waals surface area contributed by atoms with Gasteiger partial charge in [0, 0.05) is 6.04 Å². The lowest BCUT2D eigenvalue weighted by Gasteiger charge is -2.30. The Kier molecular flexibility index (Phi) is 4.22. The van der Waals surface area contributed by atoms with Crippen molar-refractivity contribution in [2.24, 2.45) is 5.92 Å². The molecule has 2 aliphatic rings. The zero-order chi connectivity index (χ0) is 11.4. The normalized spacial score (nSPS) is 35.7. The zero-order valence-electron chi connectivity index (χ0n) is 10.3. The molecule has 92 valence electrons. The molecule has 1 aliphatic carbocycles. The summed E-state index contributed by atoms with van der Waals surface area (Å²) in [6, 6.07) is 0.506. The van der Waals surface area contributed by atoms with Crippen LogP contribution in [0.15, 0.2) is 0 Å². The Bertz CT molecular complexity index is 236. The molecule has 1 saturated carbocycles. The van der Waals surface area contributed by atoms with E-state index in [9.17, 15) is 4.79 Å². The summed E-state index contributed by atoms with van der Waals surface area (Å²) >= 11 is 0. The van der Waals surface area contributed by atoms with Gasteiger partial charge in [-0.2, -0.15) is 0 Å². The van der Waals surface area contributed by atoms with Crippen molar-refractivity contribution in [3.63, 3.8) is 0 Å². The summed E-state index contributed by atoms with van der Waals surface area (Å²) < 4.78 is 0. The van der Waals surface area contributed by atoms with Gasteiger partial charge in [0.1, 0.15) is 0 Å². The SMILES string of the molecule is CC1CCCC(NC(=O)[C@H]2CCCCN2)C1. The predicted molar refractivity (Wildman–Crippen MR) is 65.2 cm³/mol. The molecule has 0 spiro atoms. The largest absolute Gasteiger partial charge is 0.352 e. The molecule has 2 fully saturated rings. The van der Waals surface area contributed by atoms with Crippen molar-refractivity contribution in [3.8, 4) is 0 Å². The van der Waals surface area contributed by atoms with Gasteiger partial charge in [-0.1, -0.05) is 26.2 Å². The van der Waals surface area contributed by atoms with E-state index in [2.05, 4.69) is 17.6 Å². The molecule has 16 heavy (non-hydrogen) atoms. The molecule has 3 atom stereocenters. The number of piperidine rings is 1. The molecule has 1 heterocycles. The molecule has 3 nitrogen and oxygen atoms in total. The van der Waals surface area contributed by atoms with E-state index in [1.807, 2.05) is 0 Å². The van der Waals surface area contributed by atoms with Gasteiger partial charge < -0.3 is 10.6 Å². The van der Waals surface area contributed by atoms with E-state index in [1.165, 1.54) is 38.5 Å². The summed E-state index contributed by atoms with van der Waals surface area (Å²) in [6.07, 6.45) is 8.34. The number of hydrogen-bond acceptors (Lipinski definition) is 2. The first-order chi connectivity index (χ1) is 7.75. The number of hydrogen-bond donors (Lipinski definition) is 2. The fraction of sp³-hybridized carbons (Fsp3) is 0.923. The zero-order valence-corrected chi connectivity index (χ0v) is 10.3. The molecule has 0 aromatic heterocycles. The standard InChI is InChI=1S/C13H24N2O/c1-10-5-4-6-11(9-10)15-13(16)12-7-2-3-8-14-12/h10-12,14H,2-9H2,1H3,(H,15,16)/t10?,11?,12-/m1/s1. The van der Waals surface area contributed by atoms with E-state index in [0.717, 1.165) is 18.9 Å². The lowest BCUT2D eigenvalue weighted by molar-refractivity contribution is -0.124. The Morgan fingerprint density at radius 2 is 2.06 bits per heavy atom. The van der Waals surface area contributed by atoms with Gasteiger partial charge in [0.15, 0.2) is 0 Å². The predicted octanol–water partition coefficient (Wildman–Crippen LogP) is 1.82. The van der Waals surface area contributed by atoms with E-state index >= 15 is 0 Å². The molecule has 1 aliphatic heterocycles. The Hall–Kier alpha value is -0.570. The second-order valence-corrected chi connectivity index (χ2v) is 5.48. The van der Waals surface area contributed by atoms with Crippen LogP contribution in [0.5, 0.6) is 0 Å². The summed E-state index contributed by atoms with van der Waals surface area (Å²) in [7, 11) is 0. The topological polar surface area (TPSA) is 41.1 Å². The van der Waals surface area contributed by atoms with Crippen molar-refractivity contribution >= 4 is 5.91 Å². The molecule has 0 radical (unpaired) electrons. The van der Waals surface area contributed by atoms with Crippen LogP contribution in [0, 0.1) is 5.92 Å². The van der Waals surface area contributed by atoms with Gasteiger partial charge in [-0.15, -0.1) is 0 Å². The number of rotatable bonds is 2. The monoisotopic (exact) mass is 224 g/mol. The fourth-order valence-electron chi connectivity index (χ4n) is 2.94. The second kappa shape index (κ2) is 5.67. The van der Waals surface area contributed by atoms with Gasteiger partial charge in [-0.3, -0.25) is 4.79 Å². The van der Waals surface area contributed by atoms with Crippen LogP contribution in [-0.2, 0) is 4.79 Å². The third kappa shape index (κ3) is 3.21. The van der Waals surface area contributed by atoms with Crippen molar-refractivity contribution in [1.82, 2.24) is 10.6 Å². The summed E-state index contributed by atoms with van der Waals surface area (Å²) in [5.74, 6) is 1.01. The maximum Gasteiger partial charge on any atom is 0.237 e. The van der Waals surface area contributed by atoms with Gasteiger partial charge in [0.25, 0.3) is 0 Å². The maximum absolute atomic E-state index is 12.0. The van der Waals surface area contributed by atoms with Crippen LogP contribution in [0.3, 0.4) is 0 Å². The average Bonchev–Trinajstić information content (AvgIpc) is 2.30. The first kappa shape index (κ1) is 11.9. The minimum atomic E-state index is 0.0750. The highest BCUT2D eigenvalue weighted by Gasteiger charge is 2.25. The van der Waals surface area contributed by atoms with E-state index in [0.29, 0.717) is 6.04 Å². The van der Waals surface area contributed by atoms with E-state index in [-0.39, 0.29) is 11.9 Å². The van der Waals surface area contributed by atoms with E-state index in [4.69, 9.17) is 0 Å². The number of nitrogens with one attached hydrogen (secondary N) is 2. The maximum atomic E-state index is 12.0. The number of carbonyl (C=O) groups is 1. The van der Waals surface area contributed by atoms with Gasteiger partial charge >= 0.3 is 0 Å². The van der Waals surface area contributed by atoms with Crippen LogP contribution in [0.1, 0.15) is 51.9 Å². The molecule has 2 rings (SSSR count). The summed E-state index contributed by atoms with van der Waals surface area (Å²) in [5.41, 5.74) is 0. The Balaban J connectivity index is 1.77. The summed E-state index contributed by atoms with van der Waals surface area (Å²) in [5, 5.41) is 6.53. The highest BCUT2D eigenvalue weighted by Crippen LogP contribution is 2.23. The van der Waals surface area contributed by atoms with Crippen molar-refractivity contribution < 1.29 is 4.79 Å². The van der Waals surface area contributed by atoms with Crippen molar-refractivity contribution in [3.05, 3.63) is 0 Å². The van der Waals surface area contributed by atoms with Gasteiger partial charge in [0.05, 0.1) is 6.04 Å². The lowest BCUT2D eigenvalue weighted by atomic mass is 9.87. The van der Waals surface area contributed by atoms with Crippen LogP contribution in [0.2, 0.25) is 0 Å².